The van der Waals surface area contributed by atoms with Crippen LogP contribution in [0.1, 0.15) is 34.0 Å². The van der Waals surface area contributed by atoms with Gasteiger partial charge in [-0.15, -0.1) is 0 Å². The first-order valence-corrected chi connectivity index (χ1v) is 8.22. The third kappa shape index (κ3) is 2.71. The number of anilines is 2. The molecule has 0 amide bonds. The Morgan fingerprint density at radius 2 is 2.00 bits per heavy atom. The SMILES string of the molecule is Nc1ccc(CC2OC(=O)c3cc(N4CC[C@@H](O)C4)ccc32)cc1. The Kier molecular flexibility index (Phi) is 3.65. The van der Waals surface area contributed by atoms with E-state index in [0.29, 0.717) is 18.5 Å². The molecule has 1 saturated heterocycles. The molecule has 5 nitrogen and oxygen atoms in total. The highest BCUT2D eigenvalue weighted by Gasteiger charge is 2.32. The van der Waals surface area contributed by atoms with Crippen molar-refractivity contribution < 1.29 is 14.6 Å². The summed E-state index contributed by atoms with van der Waals surface area (Å²) in [6, 6.07) is 13.5. The summed E-state index contributed by atoms with van der Waals surface area (Å²) in [7, 11) is 0. The minimum atomic E-state index is -0.288. The lowest BCUT2D eigenvalue weighted by molar-refractivity contribution is 0.0387. The number of fused-ring (bicyclic) bond motifs is 1. The minimum Gasteiger partial charge on any atom is -0.454 e. The van der Waals surface area contributed by atoms with Gasteiger partial charge in [0.1, 0.15) is 6.10 Å². The summed E-state index contributed by atoms with van der Waals surface area (Å²) in [5.41, 5.74) is 10.1. The number of hydrogen-bond donors (Lipinski definition) is 2. The van der Waals surface area contributed by atoms with Gasteiger partial charge in [-0.25, -0.2) is 4.79 Å². The molecular weight excluding hydrogens is 304 g/mol. The Morgan fingerprint density at radius 1 is 1.21 bits per heavy atom. The van der Waals surface area contributed by atoms with Gasteiger partial charge in [-0.05, 0) is 36.2 Å². The van der Waals surface area contributed by atoms with Gasteiger partial charge in [0.25, 0.3) is 0 Å². The van der Waals surface area contributed by atoms with Crippen LogP contribution in [-0.4, -0.2) is 30.3 Å². The largest absolute Gasteiger partial charge is 0.454 e. The molecule has 1 fully saturated rings. The van der Waals surface area contributed by atoms with Crippen LogP contribution in [0.25, 0.3) is 0 Å². The van der Waals surface area contributed by atoms with Crippen LogP contribution in [0.15, 0.2) is 42.5 Å². The van der Waals surface area contributed by atoms with Gasteiger partial charge < -0.3 is 20.5 Å². The van der Waals surface area contributed by atoms with Gasteiger partial charge in [0, 0.05) is 36.4 Å². The molecular formula is C19H20N2O3. The first kappa shape index (κ1) is 15.0. The van der Waals surface area contributed by atoms with Crippen molar-refractivity contribution in [1.82, 2.24) is 0 Å². The molecule has 5 heteroatoms. The van der Waals surface area contributed by atoms with E-state index in [9.17, 15) is 9.90 Å². The number of ether oxygens (including phenoxy) is 1. The van der Waals surface area contributed by atoms with E-state index < -0.39 is 0 Å². The molecule has 2 aliphatic rings. The van der Waals surface area contributed by atoms with E-state index in [1.807, 2.05) is 42.5 Å². The third-order valence-corrected chi connectivity index (χ3v) is 4.78. The maximum atomic E-state index is 12.2. The van der Waals surface area contributed by atoms with Crippen LogP contribution >= 0.6 is 0 Å². The molecule has 124 valence electrons. The standard InChI is InChI=1S/C19H20N2O3/c20-13-3-1-12(2-4-13)9-18-16-6-5-14(10-17(16)19(23)24-18)21-8-7-15(22)11-21/h1-6,10,15,18,22H,7-9,11,20H2/t15-,18?/m1/s1. The number of nitrogen functional groups attached to an aromatic ring is 1. The van der Waals surface area contributed by atoms with Crippen LogP contribution in [0.3, 0.4) is 0 Å². The highest BCUT2D eigenvalue weighted by atomic mass is 16.5. The lowest BCUT2D eigenvalue weighted by Gasteiger charge is -2.18. The van der Waals surface area contributed by atoms with Gasteiger partial charge in [0.05, 0.1) is 11.7 Å². The first-order chi connectivity index (χ1) is 11.6. The van der Waals surface area contributed by atoms with E-state index in [0.717, 1.165) is 35.5 Å². The van der Waals surface area contributed by atoms with Crippen molar-refractivity contribution in [1.29, 1.82) is 0 Å². The van der Waals surface area contributed by atoms with Gasteiger partial charge in [-0.1, -0.05) is 18.2 Å². The first-order valence-electron chi connectivity index (χ1n) is 8.22. The lowest BCUT2D eigenvalue weighted by Crippen LogP contribution is -2.21. The number of carbonyl (C=O) groups excluding carboxylic acids is 1. The van der Waals surface area contributed by atoms with Crippen molar-refractivity contribution in [3.63, 3.8) is 0 Å². The summed E-state index contributed by atoms with van der Waals surface area (Å²) in [4.78, 5) is 14.3. The second-order valence-corrected chi connectivity index (χ2v) is 6.50. The molecule has 0 aliphatic carbocycles. The van der Waals surface area contributed by atoms with Crippen LogP contribution in [0, 0.1) is 0 Å². The maximum absolute atomic E-state index is 12.2. The van der Waals surface area contributed by atoms with E-state index >= 15 is 0 Å². The summed E-state index contributed by atoms with van der Waals surface area (Å²) in [5.74, 6) is -0.271. The molecule has 0 saturated carbocycles. The zero-order valence-corrected chi connectivity index (χ0v) is 13.3. The topological polar surface area (TPSA) is 75.8 Å². The van der Waals surface area contributed by atoms with Crippen molar-refractivity contribution in [3.8, 4) is 0 Å². The van der Waals surface area contributed by atoms with Crippen LogP contribution in [0.4, 0.5) is 11.4 Å². The number of hydrogen-bond acceptors (Lipinski definition) is 5. The third-order valence-electron chi connectivity index (χ3n) is 4.78. The minimum absolute atomic E-state index is 0.255. The van der Waals surface area contributed by atoms with Crippen molar-refractivity contribution in [3.05, 3.63) is 59.2 Å². The van der Waals surface area contributed by atoms with Crippen LogP contribution in [-0.2, 0) is 11.2 Å². The van der Waals surface area contributed by atoms with Crippen molar-refractivity contribution in [2.45, 2.75) is 25.0 Å². The fourth-order valence-electron chi connectivity index (χ4n) is 3.45. The Balaban J connectivity index is 1.57. The van der Waals surface area contributed by atoms with Gasteiger partial charge in [-0.2, -0.15) is 0 Å². The molecule has 2 aliphatic heterocycles. The highest BCUT2D eigenvalue weighted by Crippen LogP contribution is 2.36. The second kappa shape index (κ2) is 5.83. The molecule has 0 bridgehead atoms. The molecule has 0 spiro atoms. The quantitative estimate of drug-likeness (QED) is 0.669. The second-order valence-electron chi connectivity index (χ2n) is 6.50. The smallest absolute Gasteiger partial charge is 0.339 e. The fourth-order valence-corrected chi connectivity index (χ4v) is 3.45. The van der Waals surface area contributed by atoms with Gasteiger partial charge >= 0.3 is 5.97 Å². The van der Waals surface area contributed by atoms with Crippen LogP contribution < -0.4 is 10.6 Å². The number of aliphatic hydroxyl groups is 1. The Hall–Kier alpha value is -2.53. The van der Waals surface area contributed by atoms with Crippen molar-refractivity contribution in [2.75, 3.05) is 23.7 Å². The molecule has 24 heavy (non-hydrogen) atoms. The number of carbonyl (C=O) groups is 1. The molecule has 2 atom stereocenters. The average molecular weight is 324 g/mol. The van der Waals surface area contributed by atoms with Gasteiger partial charge in [0.2, 0.25) is 0 Å². The predicted molar refractivity (Wildman–Crippen MR) is 92.0 cm³/mol. The molecule has 2 aromatic carbocycles. The number of benzene rings is 2. The molecule has 2 heterocycles. The zero-order chi connectivity index (χ0) is 16.7. The number of cyclic esters (lactones) is 1. The van der Waals surface area contributed by atoms with E-state index in [4.69, 9.17) is 10.5 Å². The monoisotopic (exact) mass is 324 g/mol. The van der Waals surface area contributed by atoms with E-state index in [-0.39, 0.29) is 18.2 Å². The number of nitrogens with two attached hydrogens (primary N) is 1. The molecule has 4 rings (SSSR count). The van der Waals surface area contributed by atoms with Crippen LogP contribution in [0.2, 0.25) is 0 Å². The zero-order valence-electron chi connectivity index (χ0n) is 13.3. The normalized spacial score (nSPS) is 22.5. The van der Waals surface area contributed by atoms with E-state index in [1.165, 1.54) is 0 Å². The average Bonchev–Trinajstić information content (AvgIpc) is 3.14. The van der Waals surface area contributed by atoms with E-state index in [1.54, 1.807) is 0 Å². The molecule has 2 aromatic rings. The molecule has 0 radical (unpaired) electrons. The van der Waals surface area contributed by atoms with Crippen molar-refractivity contribution >= 4 is 17.3 Å². The summed E-state index contributed by atoms with van der Waals surface area (Å²) in [5, 5.41) is 9.69. The lowest BCUT2D eigenvalue weighted by atomic mass is 9.98. The van der Waals surface area contributed by atoms with Gasteiger partial charge in [-0.3, -0.25) is 0 Å². The number of β-amino-alcohol motifs (C(OH)–C–C–N with tert-alkyl or cyclic N) is 1. The summed E-state index contributed by atoms with van der Waals surface area (Å²) < 4.78 is 5.57. The molecule has 0 aromatic heterocycles. The Morgan fingerprint density at radius 3 is 2.71 bits per heavy atom. The summed E-state index contributed by atoms with van der Waals surface area (Å²) in [6.45, 7) is 1.42. The Labute approximate surface area is 140 Å². The number of aliphatic hydroxyl groups excluding tert-OH is 1. The van der Waals surface area contributed by atoms with Crippen LogP contribution in [0.5, 0.6) is 0 Å². The predicted octanol–water partition coefficient (Wildman–Crippen LogP) is 2.29. The fraction of sp³-hybridized carbons (Fsp3) is 0.316. The number of esters is 1. The Bertz CT molecular complexity index is 773. The number of rotatable bonds is 3. The van der Waals surface area contributed by atoms with Crippen molar-refractivity contribution in [2.24, 2.45) is 0 Å². The van der Waals surface area contributed by atoms with Gasteiger partial charge in [0.15, 0.2) is 0 Å². The molecule has 1 unspecified atom stereocenters. The maximum Gasteiger partial charge on any atom is 0.339 e. The molecule has 3 N–H and O–H groups in total. The highest BCUT2D eigenvalue weighted by molar-refractivity contribution is 5.95. The summed E-state index contributed by atoms with van der Waals surface area (Å²) >= 11 is 0. The van der Waals surface area contributed by atoms with E-state index in [2.05, 4.69) is 4.90 Å². The number of nitrogens with zero attached hydrogens (tertiary/aromatic N) is 1. The summed E-state index contributed by atoms with van der Waals surface area (Å²) in [6.07, 6.45) is 0.861.